The van der Waals surface area contributed by atoms with E-state index in [1.54, 1.807) is 0 Å². The summed E-state index contributed by atoms with van der Waals surface area (Å²) in [5, 5.41) is 0. The number of hydrogen-bond donors (Lipinski definition) is 0. The predicted molar refractivity (Wildman–Crippen MR) is 50.1 cm³/mol. The zero-order valence-electron chi connectivity index (χ0n) is 7.26. The Morgan fingerprint density at radius 2 is 2.00 bits per heavy atom. The number of hydrogen-bond acceptors (Lipinski definition) is 0. The first-order chi connectivity index (χ1) is 4.88. The first-order valence-electron chi connectivity index (χ1n) is 4.09. The van der Waals surface area contributed by atoms with Crippen LogP contribution in [0.4, 0.5) is 0 Å². The van der Waals surface area contributed by atoms with Crippen molar-refractivity contribution in [1.82, 2.24) is 0 Å². The Balaban J connectivity index is 0.000001000. The van der Waals surface area contributed by atoms with Crippen LogP contribution in [-0.2, 0) is 21.4 Å². The second-order valence-electron chi connectivity index (χ2n) is 2.63. The van der Waals surface area contributed by atoms with Crippen molar-refractivity contribution >= 4 is 12.4 Å². The van der Waals surface area contributed by atoms with Crippen molar-refractivity contribution in [2.24, 2.45) is 0 Å². The molecule has 0 saturated heterocycles. The van der Waals surface area contributed by atoms with Crippen molar-refractivity contribution in [3.8, 4) is 0 Å². The van der Waals surface area contributed by atoms with E-state index < -0.39 is 21.4 Å². The van der Waals surface area contributed by atoms with E-state index in [0.29, 0.717) is 0 Å². The molecule has 0 heterocycles. The molecule has 63 valence electrons. The smallest absolute Gasteiger partial charge is 0.147 e. The molecule has 0 aromatic rings. The van der Waals surface area contributed by atoms with Crippen LogP contribution >= 0.6 is 12.4 Å². The standard InChI is InChI=1S/C5H5.2C2H5.ClH.Hf/c1-2-4-5-3-1;2*1-2;;/h1-3H,4H2;2*1H2,2H3;1H;. The molecule has 0 nitrogen and oxygen atoms in total. The molecule has 0 N–H and O–H groups in total. The maximum atomic E-state index is 2.37. The van der Waals surface area contributed by atoms with E-state index >= 15 is 0 Å². The van der Waals surface area contributed by atoms with Crippen LogP contribution < -0.4 is 0 Å². The van der Waals surface area contributed by atoms with Crippen LogP contribution in [0.2, 0.25) is 8.35 Å². The molecule has 0 bridgehead atoms. The van der Waals surface area contributed by atoms with Crippen LogP contribution in [0.1, 0.15) is 20.3 Å². The molecule has 0 aromatic carbocycles. The summed E-state index contributed by atoms with van der Waals surface area (Å²) in [4.78, 5) is 0. The van der Waals surface area contributed by atoms with Crippen LogP contribution in [-0.4, -0.2) is 0 Å². The Hall–Kier alpha value is 0.640. The van der Waals surface area contributed by atoms with Crippen molar-refractivity contribution in [3.05, 3.63) is 21.6 Å². The van der Waals surface area contributed by atoms with E-state index in [1.807, 2.05) is 3.33 Å². The molecule has 0 fully saturated rings. The monoisotopic (exact) mass is 339 g/mol. The fourth-order valence-corrected chi connectivity index (χ4v) is 9.13. The van der Waals surface area contributed by atoms with Gasteiger partial charge in [0.25, 0.3) is 0 Å². The van der Waals surface area contributed by atoms with Gasteiger partial charge < -0.3 is 0 Å². The van der Waals surface area contributed by atoms with Crippen molar-refractivity contribution < 1.29 is 21.4 Å². The average Bonchev–Trinajstić information content (AvgIpc) is 2.43. The van der Waals surface area contributed by atoms with Crippen molar-refractivity contribution in [3.63, 3.8) is 0 Å². The van der Waals surface area contributed by atoms with Gasteiger partial charge in [0, 0.05) is 0 Å². The van der Waals surface area contributed by atoms with Crippen molar-refractivity contribution in [1.29, 1.82) is 0 Å². The fraction of sp³-hybridized carbons (Fsp3) is 0.556. The third-order valence-electron chi connectivity index (χ3n) is 2.08. The van der Waals surface area contributed by atoms with Gasteiger partial charge in [0.15, 0.2) is 0 Å². The molecule has 0 spiro atoms. The molecule has 0 aliphatic heterocycles. The largest absolute Gasteiger partial charge is 0.147 e. The molecule has 0 atom stereocenters. The quantitative estimate of drug-likeness (QED) is 0.688. The summed E-state index contributed by atoms with van der Waals surface area (Å²) in [6.45, 7) is 4.73. The topological polar surface area (TPSA) is 0 Å². The average molecular weight is 338 g/mol. The van der Waals surface area contributed by atoms with Crippen molar-refractivity contribution in [2.45, 2.75) is 28.6 Å². The van der Waals surface area contributed by atoms with Gasteiger partial charge >= 0.3 is 71.6 Å². The Morgan fingerprint density at radius 1 is 1.36 bits per heavy atom. The van der Waals surface area contributed by atoms with Crippen LogP contribution in [0.3, 0.4) is 0 Å². The maximum Gasteiger partial charge on any atom is -0.147 e. The van der Waals surface area contributed by atoms with Gasteiger partial charge in [0.2, 0.25) is 0 Å². The normalized spacial score (nSPS) is 14.2. The van der Waals surface area contributed by atoms with Crippen LogP contribution in [0.25, 0.3) is 0 Å². The molecule has 0 saturated carbocycles. The molecule has 11 heavy (non-hydrogen) atoms. The number of allylic oxidation sites excluding steroid dienone is 4. The summed E-state index contributed by atoms with van der Waals surface area (Å²) in [7, 11) is 0. The zero-order chi connectivity index (χ0) is 7.40. The van der Waals surface area contributed by atoms with Gasteiger partial charge in [-0.25, -0.2) is 0 Å². The molecular weight excluding hydrogens is 322 g/mol. The van der Waals surface area contributed by atoms with E-state index in [4.69, 9.17) is 0 Å². The van der Waals surface area contributed by atoms with Crippen LogP contribution in [0.15, 0.2) is 21.6 Å². The van der Waals surface area contributed by atoms with Gasteiger partial charge in [0.1, 0.15) is 0 Å². The van der Waals surface area contributed by atoms with Gasteiger partial charge in [-0.2, -0.15) is 0 Å². The minimum Gasteiger partial charge on any atom is -0.147 e. The second-order valence-corrected chi connectivity index (χ2v) is 14.4. The Labute approximate surface area is 83.7 Å². The number of halogens is 1. The summed E-state index contributed by atoms with van der Waals surface area (Å²) in [5.41, 5.74) is 0. The molecule has 2 heteroatoms. The second kappa shape index (κ2) is 6.19. The van der Waals surface area contributed by atoms with Gasteiger partial charge in [-0.05, 0) is 0 Å². The van der Waals surface area contributed by atoms with Crippen molar-refractivity contribution in [2.75, 3.05) is 0 Å². The molecular formula is C9H16ClHf. The summed E-state index contributed by atoms with van der Waals surface area (Å²) in [6, 6.07) is 0. The maximum absolute atomic E-state index is 2.37. The molecule has 0 aromatic heterocycles. The summed E-state index contributed by atoms with van der Waals surface area (Å²) >= 11 is -1.13. The third-order valence-corrected chi connectivity index (χ3v) is 12.8. The Kier molecular flexibility index (Phi) is 6.55. The summed E-state index contributed by atoms with van der Waals surface area (Å²) in [5.74, 6) is 0. The molecule has 0 radical (unpaired) electrons. The Morgan fingerprint density at radius 3 is 2.36 bits per heavy atom. The minimum atomic E-state index is -1.13. The molecule has 1 aliphatic rings. The van der Waals surface area contributed by atoms with Gasteiger partial charge in [-0.1, -0.05) is 0 Å². The third kappa shape index (κ3) is 3.25. The van der Waals surface area contributed by atoms with E-state index in [1.165, 1.54) is 14.8 Å². The van der Waals surface area contributed by atoms with E-state index in [2.05, 4.69) is 32.1 Å². The van der Waals surface area contributed by atoms with Gasteiger partial charge in [-0.3, -0.25) is 0 Å². The SMILES string of the molecule is C[CH2][Hf]([CH2]C)[C]1=CC=CC1.Cl. The summed E-state index contributed by atoms with van der Waals surface area (Å²) < 4.78 is 4.86. The summed E-state index contributed by atoms with van der Waals surface area (Å²) in [6.07, 6.45) is 8.19. The van der Waals surface area contributed by atoms with E-state index in [-0.39, 0.29) is 12.4 Å². The first-order valence-corrected chi connectivity index (χ1v) is 11.0. The zero-order valence-corrected chi connectivity index (χ0v) is 11.7. The molecule has 1 aliphatic carbocycles. The van der Waals surface area contributed by atoms with Gasteiger partial charge in [0.05, 0.1) is 0 Å². The predicted octanol–water partition coefficient (Wildman–Crippen LogP) is 3.75. The molecule has 0 unspecified atom stereocenters. The van der Waals surface area contributed by atoms with Gasteiger partial charge in [-0.15, -0.1) is 12.4 Å². The minimum absolute atomic E-state index is 0. The number of rotatable bonds is 3. The molecule has 0 amide bonds. The fourth-order valence-electron chi connectivity index (χ4n) is 1.41. The molecule has 1 rings (SSSR count). The van der Waals surface area contributed by atoms with E-state index in [0.717, 1.165) is 0 Å². The first kappa shape index (κ1) is 11.6. The van der Waals surface area contributed by atoms with Crippen LogP contribution in [0.5, 0.6) is 0 Å². The van der Waals surface area contributed by atoms with E-state index in [9.17, 15) is 0 Å². The Bertz CT molecular complexity index is 157. The van der Waals surface area contributed by atoms with Crippen LogP contribution in [0, 0.1) is 0 Å².